The molecule has 0 aliphatic heterocycles. The highest BCUT2D eigenvalue weighted by Gasteiger charge is 2.17. The normalized spacial score (nSPS) is 11.0. The Morgan fingerprint density at radius 2 is 2.03 bits per heavy atom. The van der Waals surface area contributed by atoms with Crippen molar-refractivity contribution in [2.45, 2.75) is 25.9 Å². The summed E-state index contributed by atoms with van der Waals surface area (Å²) in [5, 5.41) is 20.0. The maximum Gasteiger partial charge on any atom is 0.234 e. The van der Waals surface area contributed by atoms with Crippen LogP contribution < -0.4 is 15.5 Å². The van der Waals surface area contributed by atoms with E-state index in [1.165, 1.54) is 11.8 Å². The lowest BCUT2D eigenvalue weighted by Crippen LogP contribution is -2.23. The van der Waals surface area contributed by atoms with Crippen LogP contribution in [0.5, 0.6) is 5.75 Å². The van der Waals surface area contributed by atoms with Crippen molar-refractivity contribution in [2.75, 3.05) is 17.7 Å². The van der Waals surface area contributed by atoms with Gasteiger partial charge in [-0.2, -0.15) is 5.10 Å². The summed E-state index contributed by atoms with van der Waals surface area (Å²) in [5.41, 5.74) is 4.02. The van der Waals surface area contributed by atoms with E-state index >= 15 is 0 Å². The number of thioether (sulfide) groups is 1. The first kappa shape index (κ1) is 21.6. The number of rotatable bonds is 7. The molecule has 3 N–H and O–H groups in total. The highest BCUT2D eigenvalue weighted by molar-refractivity contribution is 7.99. The number of aryl methyl sites for hydroxylation is 2. The molecular formula is C23H24N6O2S. The molecule has 0 fully saturated rings. The Hall–Kier alpha value is -3.59. The van der Waals surface area contributed by atoms with Gasteiger partial charge in [-0.15, -0.1) is 0 Å². The number of carbonyl (C=O) groups is 1. The lowest BCUT2D eigenvalue weighted by atomic mass is 10.2. The van der Waals surface area contributed by atoms with Gasteiger partial charge in [0, 0.05) is 11.4 Å². The van der Waals surface area contributed by atoms with E-state index in [-0.39, 0.29) is 17.1 Å². The Labute approximate surface area is 189 Å². The molecule has 9 heteroatoms. The summed E-state index contributed by atoms with van der Waals surface area (Å²) in [5.74, 6) is 0.556. The van der Waals surface area contributed by atoms with Crippen LogP contribution in [0.15, 0.2) is 53.7 Å². The number of amides is 1. The second-order valence-electron chi connectivity index (χ2n) is 7.23. The third-order valence-electron chi connectivity index (χ3n) is 4.83. The summed E-state index contributed by atoms with van der Waals surface area (Å²) in [4.78, 5) is 17.4. The fourth-order valence-corrected chi connectivity index (χ4v) is 4.21. The molecule has 0 unspecified atom stereocenters. The molecule has 2 aromatic carbocycles. The van der Waals surface area contributed by atoms with Gasteiger partial charge in [0.15, 0.2) is 10.8 Å². The molecule has 1 amide bonds. The fraction of sp³-hybridized carbons (Fsp3) is 0.217. The highest BCUT2D eigenvalue weighted by Crippen LogP contribution is 2.25. The molecular weight excluding hydrogens is 424 g/mol. The molecule has 2 aromatic heterocycles. The summed E-state index contributed by atoms with van der Waals surface area (Å²) >= 11 is 1.26. The number of nitrogens with zero attached hydrogens (tertiary/aromatic N) is 3. The fourth-order valence-electron chi connectivity index (χ4n) is 3.40. The van der Waals surface area contributed by atoms with Crippen LogP contribution >= 0.6 is 11.8 Å². The smallest absolute Gasteiger partial charge is 0.234 e. The number of anilines is 1. The van der Waals surface area contributed by atoms with Crippen LogP contribution in [0.25, 0.3) is 16.7 Å². The Kier molecular flexibility index (Phi) is 6.27. The third kappa shape index (κ3) is 4.38. The number of para-hydroxylation sites is 2. The quantitative estimate of drug-likeness (QED) is 0.293. The molecule has 0 saturated carbocycles. The standard InChI is InChI=1S/C23H24N6O2S/c1-4-31-18-11-6-5-10-17(18)25-19(30)13-32-23-26-22-20(15(3)27-28-22)21(24)29(23)16-9-7-8-14(2)12-16/h5-12,24H,4,13H2,1-3H3,(H,25,30)(H,27,28). The van der Waals surface area contributed by atoms with Crippen molar-refractivity contribution in [3.63, 3.8) is 0 Å². The lowest BCUT2D eigenvalue weighted by molar-refractivity contribution is -0.113. The summed E-state index contributed by atoms with van der Waals surface area (Å²) in [6, 6.07) is 15.2. The zero-order chi connectivity index (χ0) is 22.7. The molecule has 0 radical (unpaired) electrons. The molecule has 0 atom stereocenters. The van der Waals surface area contributed by atoms with Gasteiger partial charge in [0.2, 0.25) is 5.91 Å². The van der Waals surface area contributed by atoms with Gasteiger partial charge < -0.3 is 10.1 Å². The van der Waals surface area contributed by atoms with Gasteiger partial charge in [0.25, 0.3) is 0 Å². The van der Waals surface area contributed by atoms with E-state index in [1.807, 2.05) is 63.2 Å². The van der Waals surface area contributed by atoms with Gasteiger partial charge in [-0.1, -0.05) is 36.0 Å². The minimum absolute atomic E-state index is 0.119. The van der Waals surface area contributed by atoms with Crippen LogP contribution in [0.4, 0.5) is 5.69 Å². The van der Waals surface area contributed by atoms with Crippen LogP contribution in [-0.4, -0.2) is 38.0 Å². The van der Waals surface area contributed by atoms with Crippen molar-refractivity contribution in [3.8, 4) is 11.4 Å². The number of carbonyl (C=O) groups excluding carboxylic acids is 1. The lowest BCUT2D eigenvalue weighted by Gasteiger charge is -2.14. The first-order valence-corrected chi connectivity index (χ1v) is 11.2. The Bertz CT molecular complexity index is 1340. The average molecular weight is 449 g/mol. The van der Waals surface area contributed by atoms with Gasteiger partial charge in [0.05, 0.1) is 23.4 Å². The maximum absolute atomic E-state index is 12.7. The van der Waals surface area contributed by atoms with E-state index in [4.69, 9.17) is 10.1 Å². The summed E-state index contributed by atoms with van der Waals surface area (Å²) < 4.78 is 7.33. The summed E-state index contributed by atoms with van der Waals surface area (Å²) in [6.45, 7) is 6.28. The van der Waals surface area contributed by atoms with Crippen molar-refractivity contribution < 1.29 is 9.53 Å². The van der Waals surface area contributed by atoms with Gasteiger partial charge in [0.1, 0.15) is 11.2 Å². The van der Waals surface area contributed by atoms with Gasteiger partial charge in [-0.25, -0.2) is 4.98 Å². The van der Waals surface area contributed by atoms with E-state index < -0.39 is 0 Å². The second-order valence-corrected chi connectivity index (χ2v) is 8.17. The van der Waals surface area contributed by atoms with Crippen LogP contribution in [0, 0.1) is 19.3 Å². The van der Waals surface area contributed by atoms with E-state index in [1.54, 1.807) is 10.6 Å². The molecule has 2 heterocycles. The van der Waals surface area contributed by atoms with Gasteiger partial charge in [-0.3, -0.25) is 19.9 Å². The number of aromatic amines is 1. The van der Waals surface area contributed by atoms with Crippen LogP contribution in [0.3, 0.4) is 0 Å². The first-order valence-electron chi connectivity index (χ1n) is 10.2. The largest absolute Gasteiger partial charge is 0.492 e. The minimum atomic E-state index is -0.190. The predicted octanol–water partition coefficient (Wildman–Crippen LogP) is 3.97. The Morgan fingerprint density at radius 1 is 1.22 bits per heavy atom. The van der Waals surface area contributed by atoms with Crippen LogP contribution in [-0.2, 0) is 4.79 Å². The molecule has 0 bridgehead atoms. The summed E-state index contributed by atoms with van der Waals surface area (Å²) in [7, 11) is 0. The molecule has 32 heavy (non-hydrogen) atoms. The SMILES string of the molecule is CCOc1ccccc1NC(=O)CSc1nc2n[nH]c(C)c2c(=N)n1-c1cccc(C)c1. The number of fused-ring (bicyclic) bond motifs is 1. The molecule has 4 aromatic rings. The Morgan fingerprint density at radius 3 is 2.81 bits per heavy atom. The molecule has 4 rings (SSSR count). The van der Waals surface area contributed by atoms with Crippen molar-refractivity contribution in [3.05, 3.63) is 65.3 Å². The van der Waals surface area contributed by atoms with E-state index in [0.29, 0.717) is 34.2 Å². The monoisotopic (exact) mass is 448 g/mol. The Balaban J connectivity index is 1.65. The highest BCUT2D eigenvalue weighted by atomic mass is 32.2. The average Bonchev–Trinajstić information content (AvgIpc) is 3.14. The van der Waals surface area contributed by atoms with Crippen molar-refractivity contribution in [1.29, 1.82) is 5.41 Å². The summed E-state index contributed by atoms with van der Waals surface area (Å²) in [6.07, 6.45) is 0. The predicted molar refractivity (Wildman–Crippen MR) is 126 cm³/mol. The van der Waals surface area contributed by atoms with Crippen LogP contribution in [0.2, 0.25) is 0 Å². The molecule has 0 aliphatic rings. The first-order chi connectivity index (χ1) is 15.5. The maximum atomic E-state index is 12.7. The van der Waals surface area contributed by atoms with E-state index in [2.05, 4.69) is 20.5 Å². The second kappa shape index (κ2) is 9.27. The number of aromatic nitrogens is 4. The van der Waals surface area contributed by atoms with Crippen molar-refractivity contribution in [2.24, 2.45) is 0 Å². The topological polar surface area (TPSA) is 109 Å². The van der Waals surface area contributed by atoms with Crippen molar-refractivity contribution in [1.82, 2.24) is 19.7 Å². The van der Waals surface area contributed by atoms with Crippen LogP contribution in [0.1, 0.15) is 18.2 Å². The minimum Gasteiger partial charge on any atom is -0.492 e. The zero-order valence-electron chi connectivity index (χ0n) is 18.1. The zero-order valence-corrected chi connectivity index (χ0v) is 18.9. The number of nitrogens with one attached hydrogen (secondary N) is 3. The van der Waals surface area contributed by atoms with Gasteiger partial charge in [-0.05, 0) is 50.6 Å². The molecule has 8 nitrogen and oxygen atoms in total. The van der Waals surface area contributed by atoms with Gasteiger partial charge >= 0.3 is 0 Å². The molecule has 0 spiro atoms. The number of hydrogen-bond donors (Lipinski definition) is 3. The number of benzene rings is 2. The molecule has 0 aliphatic carbocycles. The molecule has 164 valence electrons. The number of ether oxygens (including phenoxy) is 1. The third-order valence-corrected chi connectivity index (χ3v) is 5.77. The van der Waals surface area contributed by atoms with E-state index in [0.717, 1.165) is 16.9 Å². The van der Waals surface area contributed by atoms with E-state index in [9.17, 15) is 4.79 Å². The molecule has 0 saturated heterocycles. The number of hydrogen-bond acceptors (Lipinski definition) is 6. The number of H-pyrrole nitrogens is 1. The van der Waals surface area contributed by atoms with Crippen molar-refractivity contribution >= 4 is 34.4 Å².